The molecule has 0 radical (unpaired) electrons. The molecule has 1 heterocycles. The number of nitrogens with one attached hydrogen (secondary N) is 1. The van der Waals surface area contributed by atoms with Gasteiger partial charge < -0.3 is 5.32 Å². The van der Waals surface area contributed by atoms with Crippen LogP contribution >= 0.6 is 27.3 Å². The minimum Gasteiger partial charge on any atom is -0.312 e. The summed E-state index contributed by atoms with van der Waals surface area (Å²) in [5.74, 6) is -0.204. The maximum absolute atomic E-state index is 13.1. The molecule has 0 aliphatic rings. The molecule has 1 N–H and O–H groups in total. The summed E-state index contributed by atoms with van der Waals surface area (Å²) in [7, 11) is 0. The van der Waals surface area contributed by atoms with Crippen molar-refractivity contribution in [1.29, 1.82) is 0 Å². The first-order valence-electron chi connectivity index (χ1n) is 5.71. The average molecular weight is 329 g/mol. The largest absolute Gasteiger partial charge is 0.312 e. The van der Waals surface area contributed by atoms with Crippen LogP contribution in [0.2, 0.25) is 0 Å². The van der Waals surface area contributed by atoms with Crippen molar-refractivity contribution in [2.45, 2.75) is 19.9 Å². The van der Waals surface area contributed by atoms with Gasteiger partial charge in [0.2, 0.25) is 0 Å². The maximum Gasteiger partial charge on any atom is 0.123 e. The van der Waals surface area contributed by atoms with Crippen molar-refractivity contribution >= 4 is 27.3 Å². The minimum absolute atomic E-state index is 0.204. The van der Waals surface area contributed by atoms with Crippen LogP contribution in [0.4, 0.5) is 4.39 Å². The highest BCUT2D eigenvalue weighted by Gasteiger charge is 2.02. The third kappa shape index (κ3) is 3.86. The van der Waals surface area contributed by atoms with Crippen LogP contribution in [0.15, 0.2) is 28.1 Å². The van der Waals surface area contributed by atoms with E-state index in [9.17, 15) is 4.39 Å². The Kier molecular flexibility index (Phi) is 4.86. The Morgan fingerprint density at radius 2 is 2.28 bits per heavy atom. The van der Waals surface area contributed by atoms with Gasteiger partial charge in [-0.3, -0.25) is 0 Å². The van der Waals surface area contributed by atoms with Crippen molar-refractivity contribution in [3.8, 4) is 0 Å². The van der Waals surface area contributed by atoms with E-state index in [0.29, 0.717) is 6.54 Å². The van der Waals surface area contributed by atoms with Gasteiger partial charge in [0.15, 0.2) is 0 Å². The third-order valence-electron chi connectivity index (χ3n) is 2.55. The molecule has 0 spiro atoms. The Bertz CT molecular complexity index is 527. The SMILES string of the molecule is Cc1nc(CCNCc2cc(F)ccc2Br)cs1. The summed E-state index contributed by atoms with van der Waals surface area (Å²) >= 11 is 5.08. The zero-order valence-corrected chi connectivity index (χ0v) is 12.4. The highest BCUT2D eigenvalue weighted by molar-refractivity contribution is 9.10. The first kappa shape index (κ1) is 13.6. The van der Waals surface area contributed by atoms with Crippen LogP contribution in [0.5, 0.6) is 0 Å². The first-order chi connectivity index (χ1) is 8.65. The van der Waals surface area contributed by atoms with Crippen molar-refractivity contribution in [3.63, 3.8) is 0 Å². The summed E-state index contributed by atoms with van der Waals surface area (Å²) < 4.78 is 14.0. The van der Waals surface area contributed by atoms with Crippen molar-refractivity contribution in [3.05, 3.63) is 50.1 Å². The lowest BCUT2D eigenvalue weighted by molar-refractivity contribution is 0.619. The van der Waals surface area contributed by atoms with Gasteiger partial charge in [0.05, 0.1) is 10.7 Å². The van der Waals surface area contributed by atoms with Crippen LogP contribution in [-0.2, 0) is 13.0 Å². The molecule has 0 fully saturated rings. The summed E-state index contributed by atoms with van der Waals surface area (Å²) in [5, 5.41) is 6.47. The van der Waals surface area contributed by atoms with Crippen LogP contribution in [0.3, 0.4) is 0 Å². The molecule has 0 aliphatic carbocycles. The number of hydrogen-bond donors (Lipinski definition) is 1. The van der Waals surface area contributed by atoms with E-state index in [0.717, 1.165) is 33.7 Å². The van der Waals surface area contributed by atoms with E-state index >= 15 is 0 Å². The number of rotatable bonds is 5. The molecule has 0 atom stereocenters. The van der Waals surface area contributed by atoms with Gasteiger partial charge in [-0.1, -0.05) is 15.9 Å². The highest BCUT2D eigenvalue weighted by Crippen LogP contribution is 2.17. The number of aromatic nitrogens is 1. The fourth-order valence-corrected chi connectivity index (χ4v) is 2.68. The second-order valence-electron chi connectivity index (χ2n) is 4.02. The second kappa shape index (κ2) is 6.41. The summed E-state index contributed by atoms with van der Waals surface area (Å²) in [6.45, 7) is 3.50. The third-order valence-corrected chi connectivity index (χ3v) is 4.14. The Morgan fingerprint density at radius 1 is 1.44 bits per heavy atom. The molecule has 2 nitrogen and oxygen atoms in total. The number of aryl methyl sites for hydroxylation is 1. The van der Waals surface area contributed by atoms with E-state index in [2.05, 4.69) is 31.6 Å². The Labute approximate surface area is 118 Å². The number of hydrogen-bond acceptors (Lipinski definition) is 3. The fraction of sp³-hybridized carbons (Fsp3) is 0.308. The first-order valence-corrected chi connectivity index (χ1v) is 7.38. The Hall–Kier alpha value is -0.780. The van der Waals surface area contributed by atoms with Crippen molar-refractivity contribution in [2.24, 2.45) is 0 Å². The number of thiazole rings is 1. The van der Waals surface area contributed by atoms with Gasteiger partial charge in [-0.15, -0.1) is 11.3 Å². The molecule has 1 aromatic heterocycles. The predicted octanol–water partition coefficient (Wildman–Crippen LogP) is 3.69. The summed E-state index contributed by atoms with van der Waals surface area (Å²) in [6, 6.07) is 4.73. The van der Waals surface area contributed by atoms with E-state index < -0.39 is 0 Å². The molecule has 18 heavy (non-hydrogen) atoms. The normalized spacial score (nSPS) is 10.8. The molecular weight excluding hydrogens is 315 g/mol. The molecule has 96 valence electrons. The highest BCUT2D eigenvalue weighted by atomic mass is 79.9. The van der Waals surface area contributed by atoms with E-state index in [4.69, 9.17) is 0 Å². The number of nitrogens with zero attached hydrogens (tertiary/aromatic N) is 1. The second-order valence-corrected chi connectivity index (χ2v) is 5.94. The summed E-state index contributed by atoms with van der Waals surface area (Å²) in [5.41, 5.74) is 2.05. The quantitative estimate of drug-likeness (QED) is 0.847. The van der Waals surface area contributed by atoms with Gasteiger partial charge in [-0.05, 0) is 30.7 Å². The van der Waals surface area contributed by atoms with E-state index in [1.54, 1.807) is 23.5 Å². The molecule has 2 aromatic rings. The molecular formula is C13H14BrFN2S. The lowest BCUT2D eigenvalue weighted by atomic mass is 10.2. The van der Waals surface area contributed by atoms with Crippen molar-refractivity contribution < 1.29 is 4.39 Å². The fourth-order valence-electron chi connectivity index (χ4n) is 1.64. The van der Waals surface area contributed by atoms with Crippen molar-refractivity contribution in [2.75, 3.05) is 6.54 Å². The van der Waals surface area contributed by atoms with Crippen LogP contribution in [-0.4, -0.2) is 11.5 Å². The molecule has 0 amide bonds. The minimum atomic E-state index is -0.204. The topological polar surface area (TPSA) is 24.9 Å². The van der Waals surface area contributed by atoms with Gasteiger partial charge >= 0.3 is 0 Å². The molecule has 0 saturated heterocycles. The zero-order valence-electron chi connectivity index (χ0n) is 10.0. The average Bonchev–Trinajstić information content (AvgIpc) is 2.75. The number of halogens is 2. The van der Waals surface area contributed by atoms with Gasteiger partial charge in [0.25, 0.3) is 0 Å². The molecule has 0 saturated carbocycles. The van der Waals surface area contributed by atoms with Gasteiger partial charge in [0.1, 0.15) is 5.82 Å². The van der Waals surface area contributed by atoms with E-state index in [1.807, 2.05) is 6.92 Å². The standard InChI is InChI=1S/C13H14BrFN2S/c1-9-17-12(8-18-9)4-5-16-7-10-6-11(15)2-3-13(10)14/h2-3,6,8,16H,4-5,7H2,1H3. The summed E-state index contributed by atoms with van der Waals surface area (Å²) in [4.78, 5) is 4.40. The van der Waals surface area contributed by atoms with Gasteiger partial charge in [0, 0.05) is 29.4 Å². The smallest absolute Gasteiger partial charge is 0.123 e. The van der Waals surface area contributed by atoms with Crippen LogP contribution in [0.1, 0.15) is 16.3 Å². The lowest BCUT2D eigenvalue weighted by Crippen LogP contribution is -2.17. The molecule has 0 unspecified atom stereocenters. The molecule has 2 rings (SSSR count). The van der Waals surface area contributed by atoms with Crippen LogP contribution in [0.25, 0.3) is 0 Å². The molecule has 5 heteroatoms. The van der Waals surface area contributed by atoms with E-state index in [1.165, 1.54) is 6.07 Å². The molecule has 1 aromatic carbocycles. The predicted molar refractivity (Wildman–Crippen MR) is 76.4 cm³/mol. The maximum atomic E-state index is 13.1. The van der Waals surface area contributed by atoms with E-state index in [-0.39, 0.29) is 5.82 Å². The molecule has 0 bridgehead atoms. The van der Waals surface area contributed by atoms with Crippen LogP contribution in [0, 0.1) is 12.7 Å². The molecule has 0 aliphatic heterocycles. The summed E-state index contributed by atoms with van der Waals surface area (Å²) in [6.07, 6.45) is 0.900. The Morgan fingerprint density at radius 3 is 3.00 bits per heavy atom. The zero-order chi connectivity index (χ0) is 13.0. The monoisotopic (exact) mass is 328 g/mol. The lowest BCUT2D eigenvalue weighted by Gasteiger charge is -2.06. The van der Waals surface area contributed by atoms with Gasteiger partial charge in [-0.25, -0.2) is 9.37 Å². The van der Waals surface area contributed by atoms with Crippen molar-refractivity contribution in [1.82, 2.24) is 10.3 Å². The number of benzene rings is 1. The van der Waals surface area contributed by atoms with Crippen LogP contribution < -0.4 is 5.32 Å². The Balaban J connectivity index is 1.80. The van der Waals surface area contributed by atoms with Gasteiger partial charge in [-0.2, -0.15) is 0 Å².